The molecule has 2 amide bonds. The summed E-state index contributed by atoms with van der Waals surface area (Å²) in [6.07, 6.45) is -1.23. The standard InChI is InChI=1S/C23H21F2N5O4S2/c1-12-7-14-9-36-22(29-18(31)13-5-3-2-4-6-13)30-23(14,11-34-12)21-28-16(10-35-21)27-19(32)15-8-33-20(26-15)17(24)25/h2-6,8,10,12,14,17H,7,9,11H2,1H3,(H,27,32)(H,29,30,31). The van der Waals surface area contributed by atoms with Crippen LogP contribution in [0.4, 0.5) is 14.6 Å². The lowest BCUT2D eigenvalue weighted by Gasteiger charge is -2.44. The van der Waals surface area contributed by atoms with Gasteiger partial charge in [-0.15, -0.1) is 11.3 Å². The normalized spacial score (nSPS) is 23.6. The van der Waals surface area contributed by atoms with Crippen molar-refractivity contribution in [3.8, 4) is 0 Å². The Bertz CT molecular complexity index is 1300. The van der Waals surface area contributed by atoms with E-state index >= 15 is 0 Å². The highest BCUT2D eigenvalue weighted by molar-refractivity contribution is 8.13. The van der Waals surface area contributed by atoms with Crippen LogP contribution in [0.5, 0.6) is 0 Å². The minimum atomic E-state index is -2.92. The molecule has 5 rings (SSSR count). The number of amides is 2. The summed E-state index contributed by atoms with van der Waals surface area (Å²) >= 11 is 2.78. The van der Waals surface area contributed by atoms with Gasteiger partial charge in [-0.2, -0.15) is 8.78 Å². The molecule has 36 heavy (non-hydrogen) atoms. The van der Waals surface area contributed by atoms with E-state index in [0.717, 1.165) is 12.7 Å². The molecule has 3 atom stereocenters. The molecular formula is C23H21F2N5O4S2. The monoisotopic (exact) mass is 533 g/mol. The van der Waals surface area contributed by atoms with Gasteiger partial charge in [0.05, 0.1) is 12.7 Å². The van der Waals surface area contributed by atoms with E-state index in [-0.39, 0.29) is 36.0 Å². The number of ether oxygens (including phenoxy) is 1. The van der Waals surface area contributed by atoms with Crippen molar-refractivity contribution in [1.29, 1.82) is 0 Å². The molecular weight excluding hydrogens is 512 g/mol. The lowest BCUT2D eigenvalue weighted by molar-refractivity contribution is -0.0466. The molecule has 2 aliphatic rings. The Balaban J connectivity index is 1.39. The van der Waals surface area contributed by atoms with Gasteiger partial charge in [0, 0.05) is 22.6 Å². The number of nitrogens with zero attached hydrogens (tertiary/aromatic N) is 3. The number of aliphatic imine (C=N–C) groups is 1. The van der Waals surface area contributed by atoms with Gasteiger partial charge in [0.2, 0.25) is 0 Å². The van der Waals surface area contributed by atoms with Crippen molar-refractivity contribution in [3.05, 3.63) is 64.1 Å². The van der Waals surface area contributed by atoms with Gasteiger partial charge < -0.3 is 19.8 Å². The Kier molecular flexibility index (Phi) is 6.86. The summed E-state index contributed by atoms with van der Waals surface area (Å²) in [5, 5.41) is 8.19. The number of nitrogens with one attached hydrogen (secondary N) is 2. The van der Waals surface area contributed by atoms with Crippen LogP contribution < -0.4 is 10.6 Å². The smallest absolute Gasteiger partial charge is 0.313 e. The number of thioether (sulfide) groups is 1. The topological polar surface area (TPSA) is 119 Å². The number of amidine groups is 1. The van der Waals surface area contributed by atoms with Crippen LogP contribution in [-0.2, 0) is 10.3 Å². The summed E-state index contributed by atoms with van der Waals surface area (Å²) in [5.74, 6) is -0.766. The van der Waals surface area contributed by atoms with E-state index < -0.39 is 23.8 Å². The highest BCUT2D eigenvalue weighted by Crippen LogP contribution is 2.47. The number of hydrogen-bond donors (Lipinski definition) is 2. The third kappa shape index (κ3) is 4.90. The number of carbonyl (C=O) groups is 2. The largest absolute Gasteiger partial charge is 0.443 e. The zero-order valence-corrected chi connectivity index (χ0v) is 20.6. The summed E-state index contributed by atoms with van der Waals surface area (Å²) in [7, 11) is 0. The van der Waals surface area contributed by atoms with Gasteiger partial charge in [0.15, 0.2) is 10.9 Å². The first-order valence-electron chi connectivity index (χ1n) is 11.1. The second-order valence-corrected chi connectivity index (χ2v) is 10.3. The number of aromatic nitrogens is 2. The number of halogens is 2. The summed E-state index contributed by atoms with van der Waals surface area (Å²) in [4.78, 5) is 38.2. The lowest BCUT2D eigenvalue weighted by Crippen LogP contribution is -2.50. The summed E-state index contributed by atoms with van der Waals surface area (Å²) in [5.41, 5.74) is -0.585. The van der Waals surface area contributed by atoms with Gasteiger partial charge in [-0.25, -0.2) is 15.0 Å². The zero-order valence-electron chi connectivity index (χ0n) is 18.9. The Labute approximate surface area is 212 Å². The maximum absolute atomic E-state index is 12.7. The Morgan fingerprint density at radius 3 is 2.72 bits per heavy atom. The number of anilines is 1. The molecule has 2 aliphatic heterocycles. The minimum absolute atomic E-state index is 0.0507. The molecule has 2 N–H and O–H groups in total. The quantitative estimate of drug-likeness (QED) is 0.497. The van der Waals surface area contributed by atoms with Crippen molar-refractivity contribution < 1.29 is 27.5 Å². The van der Waals surface area contributed by atoms with Crippen LogP contribution >= 0.6 is 23.1 Å². The van der Waals surface area contributed by atoms with Crippen molar-refractivity contribution in [2.75, 3.05) is 17.7 Å². The lowest BCUT2D eigenvalue weighted by atomic mass is 9.80. The van der Waals surface area contributed by atoms with Crippen LogP contribution in [0.1, 0.15) is 51.5 Å². The van der Waals surface area contributed by atoms with E-state index in [1.807, 2.05) is 13.0 Å². The van der Waals surface area contributed by atoms with Crippen LogP contribution in [0.2, 0.25) is 0 Å². The summed E-state index contributed by atoms with van der Waals surface area (Å²) < 4.78 is 36.1. The van der Waals surface area contributed by atoms with Crippen molar-refractivity contribution in [3.63, 3.8) is 0 Å². The molecule has 2 aromatic heterocycles. The molecule has 0 aliphatic carbocycles. The molecule has 1 aromatic carbocycles. The van der Waals surface area contributed by atoms with Crippen molar-refractivity contribution in [2.24, 2.45) is 10.9 Å². The van der Waals surface area contributed by atoms with Crippen molar-refractivity contribution in [2.45, 2.75) is 31.4 Å². The van der Waals surface area contributed by atoms with Crippen LogP contribution in [0.25, 0.3) is 0 Å². The fourth-order valence-corrected chi connectivity index (χ4v) is 6.21. The molecule has 0 bridgehead atoms. The Morgan fingerprint density at radius 2 is 1.97 bits per heavy atom. The van der Waals surface area contributed by atoms with Crippen LogP contribution in [0, 0.1) is 5.92 Å². The third-order valence-corrected chi connectivity index (χ3v) is 7.96. The fourth-order valence-electron chi connectivity index (χ4n) is 4.08. The second-order valence-electron chi connectivity index (χ2n) is 8.39. The number of benzene rings is 1. The number of fused-ring (bicyclic) bond motifs is 1. The van der Waals surface area contributed by atoms with Crippen LogP contribution in [-0.4, -0.2) is 45.4 Å². The highest BCUT2D eigenvalue weighted by Gasteiger charge is 2.50. The van der Waals surface area contributed by atoms with Crippen LogP contribution in [0.15, 0.2) is 51.4 Å². The molecule has 3 unspecified atom stereocenters. The SMILES string of the molecule is CC1CC2CSC(NC(=O)c3ccccc3)=NC2(c2nc(NC(=O)c3coc(C(F)F)n3)cs2)CO1. The summed E-state index contributed by atoms with van der Waals surface area (Å²) in [6.45, 7) is 2.27. The first-order valence-corrected chi connectivity index (χ1v) is 12.9. The molecule has 1 fully saturated rings. The average Bonchev–Trinajstić information content (AvgIpc) is 3.55. The van der Waals surface area contributed by atoms with E-state index in [2.05, 4.69) is 25.0 Å². The van der Waals surface area contributed by atoms with Gasteiger partial charge in [0.25, 0.3) is 17.7 Å². The third-order valence-electron chi connectivity index (χ3n) is 5.92. The van der Waals surface area contributed by atoms with Gasteiger partial charge >= 0.3 is 6.43 Å². The number of carbonyl (C=O) groups excluding carboxylic acids is 2. The van der Waals surface area contributed by atoms with Gasteiger partial charge in [-0.1, -0.05) is 30.0 Å². The van der Waals surface area contributed by atoms with E-state index in [0.29, 0.717) is 21.5 Å². The van der Waals surface area contributed by atoms with E-state index in [1.165, 1.54) is 23.1 Å². The molecule has 0 spiro atoms. The minimum Gasteiger partial charge on any atom is -0.443 e. The molecule has 0 saturated carbocycles. The highest BCUT2D eigenvalue weighted by atomic mass is 32.2. The first kappa shape index (κ1) is 24.5. The Hall–Kier alpha value is -3.16. The van der Waals surface area contributed by atoms with E-state index in [9.17, 15) is 18.4 Å². The maximum atomic E-state index is 12.7. The molecule has 1 saturated heterocycles. The van der Waals surface area contributed by atoms with Crippen molar-refractivity contribution >= 4 is 45.9 Å². The zero-order chi connectivity index (χ0) is 25.3. The molecule has 3 aromatic rings. The molecule has 0 radical (unpaired) electrons. The number of rotatable bonds is 5. The van der Waals surface area contributed by atoms with Gasteiger partial charge in [-0.05, 0) is 25.5 Å². The number of oxazole rings is 1. The predicted octanol–water partition coefficient (Wildman–Crippen LogP) is 4.47. The van der Waals surface area contributed by atoms with E-state index in [4.69, 9.17) is 9.73 Å². The number of alkyl halides is 2. The summed E-state index contributed by atoms with van der Waals surface area (Å²) in [6, 6.07) is 8.86. The predicted molar refractivity (Wildman–Crippen MR) is 131 cm³/mol. The molecule has 4 heterocycles. The maximum Gasteiger partial charge on any atom is 0.313 e. The molecule has 9 nitrogen and oxygen atoms in total. The Morgan fingerprint density at radius 1 is 1.17 bits per heavy atom. The number of hydrogen-bond acceptors (Lipinski definition) is 9. The molecule has 188 valence electrons. The first-order chi connectivity index (χ1) is 17.3. The van der Waals surface area contributed by atoms with Gasteiger partial charge in [-0.3, -0.25) is 9.59 Å². The molecule has 13 heteroatoms. The van der Waals surface area contributed by atoms with E-state index in [1.54, 1.807) is 29.6 Å². The average molecular weight is 534 g/mol. The number of thiazole rings is 1. The van der Waals surface area contributed by atoms with Crippen LogP contribution in [0.3, 0.4) is 0 Å². The fraction of sp³-hybridized carbons (Fsp3) is 0.348. The second kappa shape index (κ2) is 10.1. The van der Waals surface area contributed by atoms with Gasteiger partial charge in [0.1, 0.15) is 22.6 Å². The van der Waals surface area contributed by atoms with Crippen molar-refractivity contribution in [1.82, 2.24) is 15.3 Å².